The maximum Gasteiger partial charge on any atom is 0.407 e. The lowest BCUT2D eigenvalue weighted by Gasteiger charge is -2.19. The molecule has 0 saturated carbocycles. The predicted molar refractivity (Wildman–Crippen MR) is 119 cm³/mol. The van der Waals surface area contributed by atoms with Gasteiger partial charge in [0.1, 0.15) is 24.5 Å². The average Bonchev–Trinajstić information content (AvgIpc) is 3.09. The molecule has 0 aromatic carbocycles. The molecule has 0 spiro atoms. The third kappa shape index (κ3) is 10.0. The maximum atomic E-state index is 11.9. The van der Waals surface area contributed by atoms with E-state index >= 15 is 0 Å². The van der Waals surface area contributed by atoms with Crippen LogP contribution in [0.3, 0.4) is 0 Å². The lowest BCUT2D eigenvalue weighted by molar-refractivity contribution is -0.127. The van der Waals surface area contributed by atoms with Gasteiger partial charge in [-0.3, -0.25) is 19.1 Å². The van der Waals surface area contributed by atoms with Gasteiger partial charge in [-0.2, -0.15) is 0 Å². The van der Waals surface area contributed by atoms with E-state index in [4.69, 9.17) is 18.9 Å². The van der Waals surface area contributed by atoms with Gasteiger partial charge in [0.05, 0.1) is 19.3 Å². The highest BCUT2D eigenvalue weighted by Crippen LogP contribution is 2.26. The van der Waals surface area contributed by atoms with Crippen molar-refractivity contribution in [2.24, 2.45) is 0 Å². The Morgan fingerprint density at radius 3 is 2.65 bits per heavy atom. The predicted octanol–water partition coefficient (Wildman–Crippen LogP) is -0.751. The number of nitrogens with one attached hydrogen (secondary N) is 3. The molecule has 0 bridgehead atoms. The number of aromatic nitrogens is 2. The van der Waals surface area contributed by atoms with Gasteiger partial charge < -0.3 is 34.7 Å². The topological polar surface area (TPSA) is 170 Å². The third-order valence-corrected chi connectivity index (χ3v) is 4.60. The number of amides is 2. The monoisotopic (exact) mass is 486 g/mol. The van der Waals surface area contributed by atoms with Crippen molar-refractivity contribution in [1.82, 2.24) is 20.2 Å². The number of carbonyl (C=O) groups is 2. The van der Waals surface area contributed by atoms with Crippen LogP contribution in [-0.2, 0) is 23.7 Å². The smallest absolute Gasteiger partial charge is 0.407 e. The molecule has 1 aromatic heterocycles. The Morgan fingerprint density at radius 2 is 1.94 bits per heavy atom. The van der Waals surface area contributed by atoms with Crippen molar-refractivity contribution in [3.8, 4) is 0 Å². The zero-order valence-electron chi connectivity index (χ0n) is 19.7. The number of carbonyl (C=O) groups excluding carboxylic acids is 2. The van der Waals surface area contributed by atoms with Crippen LogP contribution in [0.4, 0.5) is 4.79 Å². The van der Waals surface area contributed by atoms with Crippen LogP contribution in [0.15, 0.2) is 21.9 Å². The van der Waals surface area contributed by atoms with E-state index in [0.717, 1.165) is 0 Å². The summed E-state index contributed by atoms with van der Waals surface area (Å²) in [6, 6.07) is 1.19. The summed E-state index contributed by atoms with van der Waals surface area (Å²) in [5.74, 6) is -0.387. The van der Waals surface area contributed by atoms with E-state index in [1.807, 2.05) is 0 Å². The Bertz CT molecular complexity index is 908. The van der Waals surface area contributed by atoms with Crippen LogP contribution in [0.1, 0.15) is 39.8 Å². The normalized spacial score (nSPS) is 20.2. The second-order valence-corrected chi connectivity index (χ2v) is 8.70. The van der Waals surface area contributed by atoms with Crippen molar-refractivity contribution in [2.45, 2.75) is 57.6 Å². The summed E-state index contributed by atoms with van der Waals surface area (Å²) in [6.07, 6.45) is -0.753. The molecule has 13 heteroatoms. The molecule has 0 aliphatic carbocycles. The second-order valence-electron chi connectivity index (χ2n) is 8.70. The van der Waals surface area contributed by atoms with E-state index in [-0.39, 0.29) is 32.1 Å². The molecular formula is C21H34N4O9. The maximum absolute atomic E-state index is 11.9. The van der Waals surface area contributed by atoms with Gasteiger partial charge in [0.25, 0.3) is 5.56 Å². The fraction of sp³-hybridized carbons (Fsp3) is 0.714. The number of hydrogen-bond donors (Lipinski definition) is 4. The van der Waals surface area contributed by atoms with Crippen LogP contribution < -0.4 is 21.9 Å². The van der Waals surface area contributed by atoms with Gasteiger partial charge in [-0.25, -0.2) is 9.59 Å². The lowest BCUT2D eigenvalue weighted by atomic mass is 10.2. The first kappa shape index (κ1) is 27.5. The summed E-state index contributed by atoms with van der Waals surface area (Å²) in [6.45, 7) is 6.57. The number of ether oxygens (including phenoxy) is 4. The van der Waals surface area contributed by atoms with Crippen LogP contribution in [0.2, 0.25) is 0 Å². The Kier molecular flexibility index (Phi) is 10.7. The third-order valence-electron chi connectivity index (χ3n) is 4.60. The van der Waals surface area contributed by atoms with Crippen molar-refractivity contribution in [1.29, 1.82) is 0 Å². The molecule has 1 aromatic rings. The number of aliphatic hydroxyl groups is 1. The van der Waals surface area contributed by atoms with Crippen LogP contribution in [0, 0.1) is 0 Å². The van der Waals surface area contributed by atoms with Crippen molar-refractivity contribution in [2.75, 3.05) is 39.5 Å². The molecule has 1 saturated heterocycles. The van der Waals surface area contributed by atoms with Crippen LogP contribution >= 0.6 is 0 Å². The van der Waals surface area contributed by atoms with Crippen LogP contribution in [-0.4, -0.2) is 84.0 Å². The van der Waals surface area contributed by atoms with E-state index in [1.165, 1.54) is 16.8 Å². The van der Waals surface area contributed by atoms with Gasteiger partial charge >= 0.3 is 11.8 Å². The van der Waals surface area contributed by atoms with E-state index in [0.29, 0.717) is 26.2 Å². The van der Waals surface area contributed by atoms with E-state index in [9.17, 15) is 24.3 Å². The molecule has 4 N–H and O–H groups in total. The molecule has 1 aliphatic heterocycles. The first-order valence-electron chi connectivity index (χ1n) is 11.1. The first-order valence-corrected chi connectivity index (χ1v) is 11.1. The number of rotatable bonds is 12. The molecule has 2 amide bonds. The average molecular weight is 487 g/mol. The van der Waals surface area contributed by atoms with Gasteiger partial charge in [0.15, 0.2) is 0 Å². The minimum Gasteiger partial charge on any atom is -0.444 e. The number of hydrogen-bond acceptors (Lipinski definition) is 9. The van der Waals surface area contributed by atoms with Gasteiger partial charge in [-0.15, -0.1) is 0 Å². The quantitative estimate of drug-likeness (QED) is 0.278. The van der Waals surface area contributed by atoms with Crippen LogP contribution in [0.25, 0.3) is 0 Å². The molecule has 0 unspecified atom stereocenters. The van der Waals surface area contributed by atoms with Gasteiger partial charge in [-0.05, 0) is 27.2 Å². The summed E-state index contributed by atoms with van der Waals surface area (Å²) < 4.78 is 22.6. The van der Waals surface area contributed by atoms with Crippen molar-refractivity contribution in [3.05, 3.63) is 33.1 Å². The summed E-state index contributed by atoms with van der Waals surface area (Å²) in [4.78, 5) is 48.5. The Morgan fingerprint density at radius 1 is 1.21 bits per heavy atom. The number of aliphatic hydroxyl groups excluding tert-OH is 1. The Hall–Kier alpha value is -2.74. The standard InChI is InChI=1S/C21H34N4O9/c1-21(2,3)34-20(30)22-6-4-8-31-9-10-32-13-17(28)23-12-15-14(26)11-18(33-15)25-7-5-16(27)24-19(25)29/h5,7,14-15,18,26H,4,6,8-13H2,1-3H3,(H,22,30)(H,23,28)(H,24,27,29)/t14-,15+,18+/m0/s1. The molecule has 34 heavy (non-hydrogen) atoms. The highest BCUT2D eigenvalue weighted by atomic mass is 16.6. The zero-order valence-corrected chi connectivity index (χ0v) is 19.7. The minimum atomic E-state index is -0.886. The fourth-order valence-corrected chi connectivity index (χ4v) is 3.05. The number of aromatic amines is 1. The van der Waals surface area contributed by atoms with E-state index in [2.05, 4.69) is 15.6 Å². The molecule has 13 nitrogen and oxygen atoms in total. The molecule has 2 rings (SSSR count). The minimum absolute atomic E-state index is 0.0408. The van der Waals surface area contributed by atoms with Gasteiger partial charge in [0, 0.05) is 38.4 Å². The highest BCUT2D eigenvalue weighted by Gasteiger charge is 2.35. The Balaban J connectivity index is 1.51. The van der Waals surface area contributed by atoms with Gasteiger partial charge in [-0.1, -0.05) is 0 Å². The zero-order chi connectivity index (χ0) is 25.1. The lowest BCUT2D eigenvalue weighted by Crippen LogP contribution is -2.39. The first-order chi connectivity index (χ1) is 16.0. The molecular weight excluding hydrogens is 452 g/mol. The highest BCUT2D eigenvalue weighted by molar-refractivity contribution is 5.77. The van der Waals surface area contributed by atoms with Crippen molar-refractivity contribution in [3.63, 3.8) is 0 Å². The van der Waals surface area contributed by atoms with Crippen molar-refractivity contribution >= 4 is 12.0 Å². The molecule has 192 valence electrons. The summed E-state index contributed by atoms with van der Waals surface area (Å²) in [7, 11) is 0. The molecule has 0 radical (unpaired) electrons. The summed E-state index contributed by atoms with van der Waals surface area (Å²) in [5.41, 5.74) is -1.70. The second kappa shape index (κ2) is 13.2. The van der Waals surface area contributed by atoms with E-state index in [1.54, 1.807) is 20.8 Å². The molecule has 3 atom stereocenters. The molecule has 2 heterocycles. The van der Waals surface area contributed by atoms with Gasteiger partial charge in [0.2, 0.25) is 5.91 Å². The Labute approximate surface area is 196 Å². The van der Waals surface area contributed by atoms with Crippen molar-refractivity contribution < 1.29 is 33.6 Å². The summed E-state index contributed by atoms with van der Waals surface area (Å²) >= 11 is 0. The molecule has 1 aliphatic rings. The summed E-state index contributed by atoms with van der Waals surface area (Å²) in [5, 5.41) is 15.4. The number of alkyl carbamates (subject to hydrolysis) is 1. The molecule has 1 fully saturated rings. The van der Waals surface area contributed by atoms with E-state index < -0.39 is 41.4 Å². The fourth-order valence-electron chi connectivity index (χ4n) is 3.05. The number of H-pyrrole nitrogens is 1. The SMILES string of the molecule is CC(C)(C)OC(=O)NCCCOCCOCC(=O)NC[C@H]1O[C@@H](n2ccc(=O)[nH]c2=O)C[C@@H]1O. The number of nitrogens with zero attached hydrogens (tertiary/aromatic N) is 1. The largest absolute Gasteiger partial charge is 0.444 e. The van der Waals surface area contributed by atoms with Crippen LogP contribution in [0.5, 0.6) is 0 Å².